The van der Waals surface area contributed by atoms with Gasteiger partial charge in [0, 0.05) is 13.6 Å². The van der Waals surface area contributed by atoms with E-state index in [9.17, 15) is 13.2 Å². The number of thioether (sulfide) groups is 1. The van der Waals surface area contributed by atoms with Crippen LogP contribution in [-0.2, 0) is 28.3 Å². The molecule has 3 N–H and O–H groups in total. The molecule has 130 valence electrons. The average molecular weight is 369 g/mol. The Hall–Kier alpha value is -1.91. The van der Waals surface area contributed by atoms with Gasteiger partial charge in [0.15, 0.2) is 5.16 Å². The minimum atomic E-state index is -3.68. The highest BCUT2D eigenvalue weighted by molar-refractivity contribution is 8.00. The van der Waals surface area contributed by atoms with E-state index in [4.69, 9.17) is 5.14 Å². The summed E-state index contributed by atoms with van der Waals surface area (Å²) >= 11 is 1.33. The Morgan fingerprint density at radius 3 is 2.58 bits per heavy atom. The SMILES string of the molecule is C[C@H](Sc1nncn1C)C(=O)NCCc1ccc(S(N)(=O)=O)cc1. The zero-order chi connectivity index (χ0) is 17.7. The lowest BCUT2D eigenvalue weighted by atomic mass is 10.1. The lowest BCUT2D eigenvalue weighted by Crippen LogP contribution is -2.32. The van der Waals surface area contributed by atoms with Gasteiger partial charge in [-0.3, -0.25) is 4.79 Å². The maximum atomic E-state index is 12.1. The topological polar surface area (TPSA) is 120 Å². The number of nitrogens with two attached hydrogens (primary N) is 1. The standard InChI is InChI=1S/C14H19N5O3S2/c1-10(23-14-18-17-9-19(14)2)13(20)16-8-7-11-3-5-12(6-4-11)24(15,21)22/h3-6,9-10H,7-8H2,1-2H3,(H,16,20)(H2,15,21,22)/t10-/m0/s1. The van der Waals surface area contributed by atoms with Crippen molar-refractivity contribution in [2.24, 2.45) is 12.2 Å². The second-order valence-corrected chi connectivity index (χ2v) is 8.08. The van der Waals surface area contributed by atoms with Gasteiger partial charge in [-0.05, 0) is 31.0 Å². The van der Waals surface area contributed by atoms with Crippen LogP contribution in [0.2, 0.25) is 0 Å². The molecule has 0 fully saturated rings. The number of rotatable bonds is 7. The third-order valence-corrected chi connectivity index (χ3v) is 5.36. The molecular weight excluding hydrogens is 350 g/mol. The number of hydrogen-bond donors (Lipinski definition) is 2. The predicted octanol–water partition coefficient (Wildman–Crippen LogP) is 0.302. The van der Waals surface area contributed by atoms with Gasteiger partial charge in [-0.15, -0.1) is 10.2 Å². The van der Waals surface area contributed by atoms with Crippen molar-refractivity contribution in [2.45, 2.75) is 28.6 Å². The summed E-state index contributed by atoms with van der Waals surface area (Å²) in [4.78, 5) is 12.1. The van der Waals surface area contributed by atoms with Gasteiger partial charge in [-0.1, -0.05) is 23.9 Å². The molecule has 1 atom stereocenters. The number of primary sulfonamides is 1. The molecule has 0 aliphatic carbocycles. The summed E-state index contributed by atoms with van der Waals surface area (Å²) < 4.78 is 24.1. The van der Waals surface area contributed by atoms with E-state index in [0.29, 0.717) is 18.1 Å². The molecule has 0 saturated carbocycles. The lowest BCUT2D eigenvalue weighted by molar-refractivity contribution is -0.120. The number of sulfonamides is 1. The number of nitrogens with one attached hydrogen (secondary N) is 1. The molecule has 0 unspecified atom stereocenters. The molecule has 0 radical (unpaired) electrons. The molecule has 1 aromatic carbocycles. The maximum Gasteiger partial charge on any atom is 0.238 e. The van der Waals surface area contributed by atoms with Crippen molar-refractivity contribution in [3.05, 3.63) is 36.2 Å². The van der Waals surface area contributed by atoms with E-state index < -0.39 is 10.0 Å². The van der Waals surface area contributed by atoms with Gasteiger partial charge in [0.05, 0.1) is 10.1 Å². The van der Waals surface area contributed by atoms with Crippen LogP contribution in [0.1, 0.15) is 12.5 Å². The second kappa shape index (κ2) is 7.77. The summed E-state index contributed by atoms with van der Waals surface area (Å²) in [5.41, 5.74) is 0.913. The predicted molar refractivity (Wildman–Crippen MR) is 90.9 cm³/mol. The quantitative estimate of drug-likeness (QED) is 0.678. The van der Waals surface area contributed by atoms with Crippen LogP contribution in [0.5, 0.6) is 0 Å². The first-order valence-electron chi connectivity index (χ1n) is 7.17. The van der Waals surface area contributed by atoms with Crippen molar-refractivity contribution in [3.8, 4) is 0 Å². The number of aryl methyl sites for hydroxylation is 1. The molecule has 10 heteroatoms. The molecule has 0 bridgehead atoms. The van der Waals surface area contributed by atoms with Crippen LogP contribution >= 0.6 is 11.8 Å². The van der Waals surface area contributed by atoms with Crippen molar-refractivity contribution < 1.29 is 13.2 Å². The fourth-order valence-corrected chi connectivity index (χ4v) is 3.24. The Labute approximate surface area is 144 Å². The van der Waals surface area contributed by atoms with Gasteiger partial charge in [0.2, 0.25) is 15.9 Å². The first kappa shape index (κ1) is 18.4. The molecule has 0 saturated heterocycles. The Morgan fingerprint density at radius 2 is 2.04 bits per heavy atom. The molecule has 24 heavy (non-hydrogen) atoms. The van der Waals surface area contributed by atoms with Gasteiger partial charge in [-0.2, -0.15) is 0 Å². The minimum absolute atomic E-state index is 0.0731. The summed E-state index contributed by atoms with van der Waals surface area (Å²) in [5.74, 6) is -0.0934. The summed E-state index contributed by atoms with van der Waals surface area (Å²) in [7, 11) is -1.86. The first-order valence-corrected chi connectivity index (χ1v) is 9.60. The Balaban J connectivity index is 1.81. The van der Waals surface area contributed by atoms with Gasteiger partial charge >= 0.3 is 0 Å². The van der Waals surface area contributed by atoms with E-state index in [2.05, 4.69) is 15.5 Å². The van der Waals surface area contributed by atoms with Crippen molar-refractivity contribution in [1.29, 1.82) is 0 Å². The van der Waals surface area contributed by atoms with Crippen LogP contribution in [0.25, 0.3) is 0 Å². The molecule has 0 aliphatic rings. The number of nitrogens with zero attached hydrogens (tertiary/aromatic N) is 3. The smallest absolute Gasteiger partial charge is 0.238 e. The average Bonchev–Trinajstić information content (AvgIpc) is 2.92. The molecule has 8 nitrogen and oxygen atoms in total. The van der Waals surface area contributed by atoms with E-state index in [1.807, 2.05) is 7.05 Å². The van der Waals surface area contributed by atoms with Crippen LogP contribution in [0, 0.1) is 0 Å². The molecule has 2 aromatic rings. The Morgan fingerprint density at radius 1 is 1.38 bits per heavy atom. The largest absolute Gasteiger partial charge is 0.355 e. The number of benzene rings is 1. The summed E-state index contributed by atoms with van der Waals surface area (Å²) in [6, 6.07) is 6.28. The summed E-state index contributed by atoms with van der Waals surface area (Å²) in [6.07, 6.45) is 2.18. The van der Waals surface area contributed by atoms with Crippen molar-refractivity contribution >= 4 is 27.7 Å². The van der Waals surface area contributed by atoms with Crippen LogP contribution in [0.15, 0.2) is 40.6 Å². The minimum Gasteiger partial charge on any atom is -0.355 e. The maximum absolute atomic E-state index is 12.1. The van der Waals surface area contributed by atoms with Crippen molar-refractivity contribution in [2.75, 3.05) is 6.54 Å². The fraction of sp³-hybridized carbons (Fsp3) is 0.357. The van der Waals surface area contributed by atoms with Crippen LogP contribution < -0.4 is 10.5 Å². The van der Waals surface area contributed by atoms with E-state index >= 15 is 0 Å². The summed E-state index contributed by atoms with van der Waals surface area (Å²) in [6.45, 7) is 2.26. The van der Waals surface area contributed by atoms with Crippen LogP contribution in [-0.4, -0.2) is 40.9 Å². The highest BCUT2D eigenvalue weighted by Gasteiger charge is 2.16. The van der Waals surface area contributed by atoms with Gasteiger partial charge in [0.25, 0.3) is 0 Å². The molecule has 1 amide bonds. The van der Waals surface area contributed by atoms with E-state index in [0.717, 1.165) is 5.56 Å². The molecule has 0 spiro atoms. The number of aromatic nitrogens is 3. The number of carbonyl (C=O) groups is 1. The summed E-state index contributed by atoms with van der Waals surface area (Å²) in [5, 5.41) is 16.0. The molecule has 1 heterocycles. The Kier molecular flexibility index (Phi) is 5.97. The van der Waals surface area contributed by atoms with Crippen molar-refractivity contribution in [3.63, 3.8) is 0 Å². The molecule has 1 aromatic heterocycles. The second-order valence-electron chi connectivity index (χ2n) is 5.21. The zero-order valence-corrected chi connectivity index (χ0v) is 15.0. The molecule has 2 rings (SSSR count). The third-order valence-electron chi connectivity index (χ3n) is 3.29. The normalized spacial score (nSPS) is 12.8. The Bertz CT molecular complexity index is 802. The van der Waals surface area contributed by atoms with Crippen LogP contribution in [0.4, 0.5) is 0 Å². The fourth-order valence-electron chi connectivity index (χ4n) is 1.91. The first-order chi connectivity index (χ1) is 11.3. The van der Waals surface area contributed by atoms with E-state index in [1.165, 1.54) is 23.9 Å². The van der Waals surface area contributed by atoms with Crippen molar-refractivity contribution in [1.82, 2.24) is 20.1 Å². The number of hydrogen-bond acceptors (Lipinski definition) is 6. The lowest BCUT2D eigenvalue weighted by Gasteiger charge is -2.11. The number of carbonyl (C=O) groups excluding carboxylic acids is 1. The number of amides is 1. The van der Waals surface area contributed by atoms with E-state index in [-0.39, 0.29) is 16.1 Å². The van der Waals surface area contributed by atoms with E-state index in [1.54, 1.807) is 30.0 Å². The zero-order valence-electron chi connectivity index (χ0n) is 13.3. The third kappa shape index (κ3) is 5.05. The molecular formula is C14H19N5O3S2. The highest BCUT2D eigenvalue weighted by Crippen LogP contribution is 2.19. The molecule has 0 aliphatic heterocycles. The van der Waals surface area contributed by atoms with Crippen LogP contribution in [0.3, 0.4) is 0 Å². The monoisotopic (exact) mass is 369 g/mol. The highest BCUT2D eigenvalue weighted by atomic mass is 32.2. The van der Waals surface area contributed by atoms with Gasteiger partial charge < -0.3 is 9.88 Å². The van der Waals surface area contributed by atoms with Gasteiger partial charge in [0.1, 0.15) is 6.33 Å². The van der Waals surface area contributed by atoms with Gasteiger partial charge in [-0.25, -0.2) is 13.6 Å².